The number of aliphatic hydroxyl groups is 1. The fourth-order valence-corrected chi connectivity index (χ4v) is 1.83. The van der Waals surface area contributed by atoms with Crippen LogP contribution in [-0.4, -0.2) is 18.1 Å². The highest BCUT2D eigenvalue weighted by molar-refractivity contribution is 5.93. The molecule has 0 bridgehead atoms. The SMILES string of the molecule is COc1ccc(C(O)C#CC(=O)NCc2ccccc2)cc1. The number of aliphatic hydroxyl groups excluding tert-OH is 1. The highest BCUT2D eigenvalue weighted by atomic mass is 16.5. The van der Waals surface area contributed by atoms with Gasteiger partial charge in [-0.05, 0) is 29.2 Å². The molecule has 0 saturated carbocycles. The summed E-state index contributed by atoms with van der Waals surface area (Å²) in [6.45, 7) is 0.410. The Morgan fingerprint density at radius 3 is 2.50 bits per heavy atom. The molecule has 0 aliphatic heterocycles. The Hall–Kier alpha value is -2.77. The lowest BCUT2D eigenvalue weighted by Gasteiger charge is -2.05. The van der Waals surface area contributed by atoms with Gasteiger partial charge in [0.1, 0.15) is 11.9 Å². The Morgan fingerprint density at radius 1 is 1.18 bits per heavy atom. The van der Waals surface area contributed by atoms with Gasteiger partial charge >= 0.3 is 0 Å². The molecule has 112 valence electrons. The Balaban J connectivity index is 1.89. The number of nitrogens with one attached hydrogen (secondary N) is 1. The van der Waals surface area contributed by atoms with Gasteiger partial charge in [-0.2, -0.15) is 0 Å². The molecule has 0 heterocycles. The number of carbonyl (C=O) groups excluding carboxylic acids is 1. The van der Waals surface area contributed by atoms with Crippen molar-refractivity contribution in [3.8, 4) is 17.6 Å². The van der Waals surface area contributed by atoms with Gasteiger partial charge in [-0.25, -0.2) is 0 Å². The molecule has 1 unspecified atom stereocenters. The zero-order chi connectivity index (χ0) is 15.8. The van der Waals surface area contributed by atoms with E-state index in [2.05, 4.69) is 17.2 Å². The van der Waals surface area contributed by atoms with Crippen molar-refractivity contribution in [2.24, 2.45) is 0 Å². The zero-order valence-corrected chi connectivity index (χ0v) is 12.2. The minimum atomic E-state index is -1.01. The van der Waals surface area contributed by atoms with Gasteiger partial charge in [0, 0.05) is 6.54 Å². The third-order valence-corrected chi connectivity index (χ3v) is 3.05. The number of amides is 1. The van der Waals surface area contributed by atoms with Gasteiger partial charge in [-0.1, -0.05) is 48.4 Å². The lowest BCUT2D eigenvalue weighted by molar-refractivity contribution is -0.115. The number of hydrogen-bond donors (Lipinski definition) is 2. The van der Waals surface area contributed by atoms with E-state index in [0.717, 1.165) is 5.56 Å². The van der Waals surface area contributed by atoms with Crippen LogP contribution in [-0.2, 0) is 11.3 Å². The molecule has 22 heavy (non-hydrogen) atoms. The maximum Gasteiger partial charge on any atom is 0.296 e. The summed E-state index contributed by atoms with van der Waals surface area (Å²) in [6.07, 6.45) is -1.01. The molecular weight excluding hydrogens is 278 g/mol. The molecule has 0 saturated heterocycles. The summed E-state index contributed by atoms with van der Waals surface area (Å²) < 4.78 is 5.04. The highest BCUT2D eigenvalue weighted by Crippen LogP contribution is 2.16. The highest BCUT2D eigenvalue weighted by Gasteiger charge is 2.04. The number of ether oxygens (including phenoxy) is 1. The van der Waals surface area contributed by atoms with Gasteiger partial charge in [0.05, 0.1) is 7.11 Å². The van der Waals surface area contributed by atoms with E-state index in [1.54, 1.807) is 31.4 Å². The van der Waals surface area contributed by atoms with Crippen LogP contribution in [0.3, 0.4) is 0 Å². The number of carbonyl (C=O) groups is 1. The van der Waals surface area contributed by atoms with Gasteiger partial charge in [0.2, 0.25) is 0 Å². The van der Waals surface area contributed by atoms with Gasteiger partial charge in [-0.15, -0.1) is 0 Å². The summed E-state index contributed by atoms with van der Waals surface area (Å²) in [6, 6.07) is 16.4. The second-order valence-corrected chi connectivity index (χ2v) is 4.61. The van der Waals surface area contributed by atoms with Crippen LogP contribution in [0.2, 0.25) is 0 Å². The van der Waals surface area contributed by atoms with Gasteiger partial charge in [0.25, 0.3) is 5.91 Å². The first-order valence-electron chi connectivity index (χ1n) is 6.84. The predicted molar refractivity (Wildman–Crippen MR) is 84.0 cm³/mol. The Kier molecular flexibility index (Phi) is 5.58. The van der Waals surface area contributed by atoms with E-state index in [1.165, 1.54) is 0 Å². The van der Waals surface area contributed by atoms with E-state index in [0.29, 0.717) is 17.9 Å². The van der Waals surface area contributed by atoms with Gasteiger partial charge in [0.15, 0.2) is 0 Å². The number of hydrogen-bond acceptors (Lipinski definition) is 3. The smallest absolute Gasteiger partial charge is 0.296 e. The molecule has 0 fully saturated rings. The molecule has 1 amide bonds. The van der Waals surface area contributed by atoms with Crippen LogP contribution in [0.1, 0.15) is 17.2 Å². The maximum atomic E-state index is 11.6. The number of methoxy groups -OCH3 is 1. The topological polar surface area (TPSA) is 58.6 Å². The maximum absolute atomic E-state index is 11.6. The molecular formula is C18H17NO3. The minimum Gasteiger partial charge on any atom is -0.497 e. The van der Waals surface area contributed by atoms with E-state index in [-0.39, 0.29) is 0 Å². The summed E-state index contributed by atoms with van der Waals surface area (Å²) in [5.41, 5.74) is 1.61. The molecule has 2 aromatic carbocycles. The fourth-order valence-electron chi connectivity index (χ4n) is 1.83. The molecule has 2 rings (SSSR count). The number of rotatable bonds is 4. The summed E-state index contributed by atoms with van der Waals surface area (Å²) >= 11 is 0. The van der Waals surface area contributed by atoms with E-state index < -0.39 is 12.0 Å². The van der Waals surface area contributed by atoms with Crippen LogP contribution in [0.25, 0.3) is 0 Å². The number of benzene rings is 2. The molecule has 4 nitrogen and oxygen atoms in total. The largest absolute Gasteiger partial charge is 0.497 e. The summed E-state index contributed by atoms with van der Waals surface area (Å²) in [7, 11) is 1.57. The quantitative estimate of drug-likeness (QED) is 0.849. The summed E-state index contributed by atoms with van der Waals surface area (Å²) in [4.78, 5) is 11.6. The van der Waals surface area contributed by atoms with Crippen molar-refractivity contribution in [1.82, 2.24) is 5.32 Å². The summed E-state index contributed by atoms with van der Waals surface area (Å²) in [5, 5.41) is 12.6. The molecule has 2 aromatic rings. The van der Waals surface area contributed by atoms with Crippen LogP contribution >= 0.6 is 0 Å². The van der Waals surface area contributed by atoms with Crippen LogP contribution in [0.4, 0.5) is 0 Å². The normalized spacial score (nSPS) is 11.0. The molecule has 0 aromatic heterocycles. The second-order valence-electron chi connectivity index (χ2n) is 4.61. The Labute approximate surface area is 129 Å². The van der Waals surface area contributed by atoms with Crippen molar-refractivity contribution >= 4 is 5.91 Å². The van der Waals surface area contributed by atoms with E-state index in [1.807, 2.05) is 30.3 Å². The molecule has 2 N–H and O–H groups in total. The van der Waals surface area contributed by atoms with Gasteiger partial charge in [-0.3, -0.25) is 4.79 Å². The van der Waals surface area contributed by atoms with Crippen LogP contribution in [0, 0.1) is 11.8 Å². The second kappa shape index (κ2) is 7.87. The minimum absolute atomic E-state index is 0.410. The lowest BCUT2D eigenvalue weighted by atomic mass is 10.1. The first-order chi connectivity index (χ1) is 10.7. The van der Waals surface area contributed by atoms with E-state index in [4.69, 9.17) is 4.74 Å². The predicted octanol–water partition coefficient (Wildman–Crippen LogP) is 2.05. The van der Waals surface area contributed by atoms with Crippen molar-refractivity contribution in [2.45, 2.75) is 12.6 Å². The Morgan fingerprint density at radius 2 is 1.86 bits per heavy atom. The molecule has 4 heteroatoms. The molecule has 0 radical (unpaired) electrons. The van der Waals surface area contributed by atoms with Crippen LogP contribution < -0.4 is 10.1 Å². The zero-order valence-electron chi connectivity index (χ0n) is 12.2. The van der Waals surface area contributed by atoms with Crippen LogP contribution in [0.5, 0.6) is 5.75 Å². The molecule has 0 spiro atoms. The Bertz CT molecular complexity index is 669. The van der Waals surface area contributed by atoms with E-state index in [9.17, 15) is 9.90 Å². The molecule has 0 aliphatic rings. The van der Waals surface area contributed by atoms with E-state index >= 15 is 0 Å². The molecule has 0 aliphatic carbocycles. The first kappa shape index (κ1) is 15.6. The van der Waals surface area contributed by atoms with Crippen LogP contribution in [0.15, 0.2) is 54.6 Å². The monoisotopic (exact) mass is 295 g/mol. The third-order valence-electron chi connectivity index (χ3n) is 3.05. The average Bonchev–Trinajstić information content (AvgIpc) is 2.58. The fraction of sp³-hybridized carbons (Fsp3) is 0.167. The molecule has 1 atom stereocenters. The average molecular weight is 295 g/mol. The lowest BCUT2D eigenvalue weighted by Crippen LogP contribution is -2.20. The van der Waals surface area contributed by atoms with Gasteiger partial charge < -0.3 is 15.2 Å². The van der Waals surface area contributed by atoms with Crippen molar-refractivity contribution in [2.75, 3.05) is 7.11 Å². The standard InChI is InChI=1S/C18H17NO3/c1-22-16-9-7-15(8-10-16)17(20)11-12-18(21)19-13-14-5-3-2-4-6-14/h2-10,17,20H,13H2,1H3,(H,19,21). The van der Waals surface area contributed by atoms with Crippen molar-refractivity contribution < 1.29 is 14.6 Å². The summed E-state index contributed by atoms with van der Waals surface area (Å²) in [5.74, 6) is 5.20. The first-order valence-corrected chi connectivity index (χ1v) is 6.84. The van der Waals surface area contributed by atoms with Crippen molar-refractivity contribution in [1.29, 1.82) is 0 Å². The van der Waals surface area contributed by atoms with Crippen molar-refractivity contribution in [3.05, 3.63) is 65.7 Å². The van der Waals surface area contributed by atoms with Crippen molar-refractivity contribution in [3.63, 3.8) is 0 Å². The third kappa shape index (κ3) is 4.65.